The summed E-state index contributed by atoms with van der Waals surface area (Å²) in [6, 6.07) is 1.96. The molecule has 5 heteroatoms. The zero-order valence-electron chi connectivity index (χ0n) is 9.79. The summed E-state index contributed by atoms with van der Waals surface area (Å²) in [5.41, 5.74) is 0. The molecular formula is C11H17BrO3S. The van der Waals surface area contributed by atoms with Crippen molar-refractivity contribution in [2.45, 2.75) is 26.7 Å². The molecule has 92 valence electrons. The Labute approximate surface area is 109 Å². The fourth-order valence-electron chi connectivity index (χ4n) is 1.38. The summed E-state index contributed by atoms with van der Waals surface area (Å²) in [6.07, 6.45) is 0. The molecule has 0 aromatic carbocycles. The monoisotopic (exact) mass is 308 g/mol. The molecule has 1 heterocycles. The first-order valence-electron chi connectivity index (χ1n) is 5.34. The predicted octanol–water partition coefficient (Wildman–Crippen LogP) is 3.73. The molecule has 0 amide bonds. The highest BCUT2D eigenvalue weighted by molar-refractivity contribution is 9.10. The van der Waals surface area contributed by atoms with Crippen LogP contribution in [0.2, 0.25) is 0 Å². The minimum absolute atomic E-state index is 0.537. The van der Waals surface area contributed by atoms with Gasteiger partial charge in [-0.15, -0.1) is 11.3 Å². The summed E-state index contributed by atoms with van der Waals surface area (Å²) in [7, 11) is 0. The van der Waals surface area contributed by atoms with E-state index in [1.54, 1.807) is 11.3 Å². The minimum Gasteiger partial charge on any atom is -0.323 e. The third-order valence-electron chi connectivity index (χ3n) is 1.87. The Kier molecular flexibility index (Phi) is 5.92. The molecule has 0 saturated carbocycles. The van der Waals surface area contributed by atoms with E-state index < -0.39 is 5.97 Å². The topological polar surface area (TPSA) is 27.7 Å². The van der Waals surface area contributed by atoms with Gasteiger partial charge in [-0.1, -0.05) is 0 Å². The molecule has 0 aliphatic rings. The van der Waals surface area contributed by atoms with Gasteiger partial charge in [-0.2, -0.15) is 0 Å². The molecule has 0 saturated heterocycles. The molecule has 1 aromatic heterocycles. The van der Waals surface area contributed by atoms with Crippen molar-refractivity contribution < 1.29 is 14.2 Å². The Hall–Kier alpha value is 0.0600. The third-order valence-corrected chi connectivity index (χ3v) is 3.63. The molecule has 0 bridgehead atoms. The van der Waals surface area contributed by atoms with Crippen LogP contribution < -0.4 is 0 Å². The van der Waals surface area contributed by atoms with E-state index in [2.05, 4.69) is 15.9 Å². The van der Waals surface area contributed by atoms with Crippen molar-refractivity contribution in [2.24, 2.45) is 0 Å². The molecule has 16 heavy (non-hydrogen) atoms. The zero-order chi connectivity index (χ0) is 12.0. The fraction of sp³-hybridized carbons (Fsp3) is 0.636. The van der Waals surface area contributed by atoms with Gasteiger partial charge in [0.2, 0.25) is 0 Å². The van der Waals surface area contributed by atoms with Gasteiger partial charge in [-0.25, -0.2) is 0 Å². The van der Waals surface area contributed by atoms with Crippen LogP contribution >= 0.6 is 27.3 Å². The first kappa shape index (κ1) is 14.1. The molecule has 0 unspecified atom stereocenters. The molecular weight excluding hydrogens is 292 g/mol. The van der Waals surface area contributed by atoms with Crippen LogP contribution in [0.1, 0.15) is 25.6 Å². The lowest BCUT2D eigenvalue weighted by molar-refractivity contribution is -0.387. The maximum Gasteiger partial charge on any atom is 0.321 e. The Morgan fingerprint density at radius 3 is 1.94 bits per heavy atom. The molecule has 0 spiro atoms. The smallest absolute Gasteiger partial charge is 0.321 e. The van der Waals surface area contributed by atoms with Crippen LogP contribution in [0.5, 0.6) is 0 Å². The highest BCUT2D eigenvalue weighted by Crippen LogP contribution is 2.35. The molecule has 0 N–H and O–H groups in total. The fourth-order valence-corrected chi connectivity index (χ4v) is 2.87. The van der Waals surface area contributed by atoms with Crippen molar-refractivity contribution in [3.05, 3.63) is 20.8 Å². The van der Waals surface area contributed by atoms with Gasteiger partial charge >= 0.3 is 5.97 Å². The van der Waals surface area contributed by atoms with Gasteiger partial charge in [0, 0.05) is 9.85 Å². The third kappa shape index (κ3) is 3.28. The number of thiophene rings is 1. The number of hydrogen-bond acceptors (Lipinski definition) is 4. The first-order valence-corrected chi connectivity index (χ1v) is 7.02. The lowest BCUT2D eigenvalue weighted by atomic mass is 10.4. The van der Waals surface area contributed by atoms with Crippen LogP contribution in [-0.2, 0) is 20.2 Å². The van der Waals surface area contributed by atoms with E-state index in [9.17, 15) is 0 Å². The SMILES string of the molecule is CCOC(OCC)(OCC)c1cc(Br)cs1. The van der Waals surface area contributed by atoms with Gasteiger partial charge in [0.25, 0.3) is 0 Å². The predicted molar refractivity (Wildman–Crippen MR) is 68.6 cm³/mol. The van der Waals surface area contributed by atoms with Crippen LogP contribution in [0.3, 0.4) is 0 Å². The van der Waals surface area contributed by atoms with Crippen molar-refractivity contribution in [3.8, 4) is 0 Å². The summed E-state index contributed by atoms with van der Waals surface area (Å²) < 4.78 is 18.0. The molecule has 1 rings (SSSR count). The highest BCUT2D eigenvalue weighted by atomic mass is 79.9. The van der Waals surface area contributed by atoms with E-state index in [4.69, 9.17) is 14.2 Å². The lowest BCUT2D eigenvalue weighted by Gasteiger charge is -2.31. The van der Waals surface area contributed by atoms with Crippen molar-refractivity contribution in [1.29, 1.82) is 0 Å². The van der Waals surface area contributed by atoms with Crippen molar-refractivity contribution in [3.63, 3.8) is 0 Å². The van der Waals surface area contributed by atoms with E-state index in [0.717, 1.165) is 9.35 Å². The average Bonchev–Trinajstić information content (AvgIpc) is 2.66. The maximum atomic E-state index is 5.65. The molecule has 0 aliphatic heterocycles. The number of halogens is 1. The Balaban J connectivity index is 2.98. The van der Waals surface area contributed by atoms with E-state index in [-0.39, 0.29) is 0 Å². The summed E-state index contributed by atoms with van der Waals surface area (Å²) in [5.74, 6) is -1.05. The summed E-state index contributed by atoms with van der Waals surface area (Å²) >= 11 is 4.98. The normalized spacial score (nSPS) is 12.0. The second-order valence-corrected chi connectivity index (χ2v) is 4.81. The van der Waals surface area contributed by atoms with Gasteiger partial charge in [-0.3, -0.25) is 0 Å². The zero-order valence-corrected chi connectivity index (χ0v) is 12.2. The average molecular weight is 309 g/mol. The summed E-state index contributed by atoms with van der Waals surface area (Å²) in [5, 5.41) is 1.99. The Morgan fingerprint density at radius 1 is 1.12 bits per heavy atom. The summed E-state index contributed by atoms with van der Waals surface area (Å²) in [4.78, 5) is 0.921. The quantitative estimate of drug-likeness (QED) is 0.718. The van der Waals surface area contributed by atoms with Gasteiger partial charge in [0.15, 0.2) is 0 Å². The van der Waals surface area contributed by atoms with Crippen LogP contribution in [0.25, 0.3) is 0 Å². The van der Waals surface area contributed by atoms with E-state index in [0.29, 0.717) is 19.8 Å². The van der Waals surface area contributed by atoms with Crippen molar-refractivity contribution in [2.75, 3.05) is 19.8 Å². The molecule has 0 aliphatic carbocycles. The van der Waals surface area contributed by atoms with Gasteiger partial charge in [0.05, 0.1) is 24.7 Å². The van der Waals surface area contributed by atoms with Crippen molar-refractivity contribution >= 4 is 27.3 Å². The maximum absolute atomic E-state index is 5.65. The van der Waals surface area contributed by atoms with E-state index in [1.165, 1.54) is 0 Å². The number of ether oxygens (including phenoxy) is 3. The standard InChI is InChI=1S/C11H17BrO3S/c1-4-13-11(14-5-2,15-6-3)10-7-9(12)8-16-10/h7-8H,4-6H2,1-3H3. The second kappa shape index (κ2) is 6.71. The minimum atomic E-state index is -1.05. The second-order valence-electron chi connectivity index (χ2n) is 2.98. The van der Waals surface area contributed by atoms with E-state index >= 15 is 0 Å². The highest BCUT2D eigenvalue weighted by Gasteiger charge is 2.36. The number of hydrogen-bond donors (Lipinski definition) is 0. The van der Waals surface area contributed by atoms with Crippen LogP contribution in [0.4, 0.5) is 0 Å². The van der Waals surface area contributed by atoms with E-state index in [1.807, 2.05) is 32.2 Å². The number of rotatable bonds is 7. The molecule has 0 fully saturated rings. The van der Waals surface area contributed by atoms with Crippen LogP contribution in [-0.4, -0.2) is 19.8 Å². The Morgan fingerprint density at radius 2 is 1.62 bits per heavy atom. The largest absolute Gasteiger partial charge is 0.323 e. The van der Waals surface area contributed by atoms with Crippen molar-refractivity contribution in [1.82, 2.24) is 0 Å². The molecule has 0 radical (unpaired) electrons. The van der Waals surface area contributed by atoms with Gasteiger partial charge in [0.1, 0.15) is 0 Å². The van der Waals surface area contributed by atoms with Crippen LogP contribution in [0, 0.1) is 0 Å². The first-order chi connectivity index (χ1) is 7.68. The lowest BCUT2D eigenvalue weighted by Crippen LogP contribution is -2.35. The van der Waals surface area contributed by atoms with Gasteiger partial charge < -0.3 is 14.2 Å². The molecule has 0 atom stereocenters. The summed E-state index contributed by atoms with van der Waals surface area (Å²) in [6.45, 7) is 7.39. The molecule has 3 nitrogen and oxygen atoms in total. The van der Waals surface area contributed by atoms with Gasteiger partial charge in [-0.05, 0) is 42.8 Å². The van der Waals surface area contributed by atoms with Crippen LogP contribution in [0.15, 0.2) is 15.9 Å². The Bertz CT molecular complexity index is 297. The molecule has 1 aromatic rings.